The lowest BCUT2D eigenvalue weighted by Gasteiger charge is -2.34. The topological polar surface area (TPSA) is 54.7 Å². The van der Waals surface area contributed by atoms with Crippen molar-refractivity contribution in [1.82, 2.24) is 4.90 Å². The minimum absolute atomic E-state index is 0.136. The first kappa shape index (κ1) is 21.8. The predicted molar refractivity (Wildman–Crippen MR) is 133 cm³/mol. The third-order valence-corrected chi connectivity index (χ3v) is 6.73. The van der Waals surface area contributed by atoms with Crippen LogP contribution in [0.25, 0.3) is 11.0 Å². The van der Waals surface area contributed by atoms with Crippen LogP contribution in [0.2, 0.25) is 0 Å². The summed E-state index contributed by atoms with van der Waals surface area (Å²) in [5.74, 6) is 0.598. The van der Waals surface area contributed by atoms with E-state index in [9.17, 15) is 4.79 Å². The number of amides is 1. The molecule has 168 valence electrons. The first-order valence-electron chi connectivity index (χ1n) is 11.1. The minimum Gasteiger partial charge on any atom is -0.457 e. The average molecular weight is 459 g/mol. The molecule has 3 aromatic carbocycles. The Labute approximate surface area is 197 Å². The molecule has 1 atom stereocenters. The minimum atomic E-state index is -0.151. The summed E-state index contributed by atoms with van der Waals surface area (Å²) in [5.41, 5.74) is 3.23. The normalized spacial score (nSPS) is 15.4. The molecule has 0 saturated carbocycles. The zero-order valence-electron chi connectivity index (χ0n) is 18.5. The quantitative estimate of drug-likeness (QED) is 0.369. The number of morpholine rings is 1. The fraction of sp³-hybridized carbons (Fsp3) is 0.222. The van der Waals surface area contributed by atoms with Gasteiger partial charge in [0.25, 0.3) is 5.91 Å². The summed E-state index contributed by atoms with van der Waals surface area (Å²) in [6, 6.07) is 25.6. The Hall–Kier alpha value is -3.06. The van der Waals surface area contributed by atoms with Crippen molar-refractivity contribution < 1.29 is 13.9 Å². The van der Waals surface area contributed by atoms with Gasteiger partial charge in [-0.2, -0.15) is 0 Å². The van der Waals surface area contributed by atoms with Crippen LogP contribution in [-0.2, 0) is 4.74 Å². The third kappa shape index (κ3) is 4.55. The number of rotatable bonds is 6. The van der Waals surface area contributed by atoms with E-state index in [1.54, 1.807) is 11.8 Å². The van der Waals surface area contributed by atoms with Crippen molar-refractivity contribution in [2.45, 2.75) is 10.9 Å². The second-order valence-corrected chi connectivity index (χ2v) is 8.86. The zero-order chi connectivity index (χ0) is 22.6. The molecule has 2 heterocycles. The van der Waals surface area contributed by atoms with Crippen LogP contribution in [-0.4, -0.2) is 43.4 Å². The molecule has 0 unspecified atom stereocenters. The number of furan rings is 1. The van der Waals surface area contributed by atoms with E-state index < -0.39 is 0 Å². The molecular formula is C27H26N2O3S. The largest absolute Gasteiger partial charge is 0.457 e. The Morgan fingerprint density at radius 2 is 1.64 bits per heavy atom. The summed E-state index contributed by atoms with van der Waals surface area (Å²) in [5, 5.41) is 4.07. The lowest BCUT2D eigenvalue weighted by molar-refractivity contribution is 0.0206. The van der Waals surface area contributed by atoms with E-state index in [1.165, 1.54) is 4.90 Å². The van der Waals surface area contributed by atoms with Crippen LogP contribution in [0.1, 0.15) is 27.7 Å². The number of benzene rings is 3. The van der Waals surface area contributed by atoms with Gasteiger partial charge in [0.2, 0.25) is 0 Å². The molecule has 33 heavy (non-hydrogen) atoms. The molecule has 5 nitrogen and oxygen atoms in total. The molecule has 6 heteroatoms. The molecule has 1 aliphatic rings. The van der Waals surface area contributed by atoms with Crippen molar-refractivity contribution in [3.63, 3.8) is 0 Å². The maximum Gasteiger partial charge on any atom is 0.255 e. The van der Waals surface area contributed by atoms with Gasteiger partial charge in [-0.15, -0.1) is 11.8 Å². The van der Waals surface area contributed by atoms with E-state index in [-0.39, 0.29) is 11.9 Å². The SMILES string of the molecule is CSc1ccc([C@@H](c2oc3ccccc3c2NC(=O)c2ccccc2)N2CCOCC2)cc1. The van der Waals surface area contributed by atoms with Gasteiger partial charge in [-0.25, -0.2) is 0 Å². The van der Waals surface area contributed by atoms with Crippen LogP contribution in [0.4, 0.5) is 5.69 Å². The second-order valence-electron chi connectivity index (χ2n) is 7.98. The number of nitrogens with one attached hydrogen (secondary N) is 1. The number of nitrogens with zero attached hydrogens (tertiary/aromatic N) is 1. The molecule has 0 bridgehead atoms. The number of carbonyl (C=O) groups is 1. The lowest BCUT2D eigenvalue weighted by atomic mass is 10.00. The lowest BCUT2D eigenvalue weighted by Crippen LogP contribution is -2.39. The van der Waals surface area contributed by atoms with Crippen molar-refractivity contribution >= 4 is 34.3 Å². The standard InChI is InChI=1S/C27H26N2O3S/c1-33-21-13-11-19(12-14-21)25(29-15-17-31-18-16-29)26-24(22-9-5-6-10-23(22)32-26)28-27(30)20-7-3-2-4-8-20/h2-14,25H,15-18H2,1H3,(H,28,30)/t25-/m0/s1. The van der Waals surface area contributed by atoms with E-state index >= 15 is 0 Å². The highest BCUT2D eigenvalue weighted by Crippen LogP contribution is 2.41. The number of hydrogen-bond acceptors (Lipinski definition) is 5. The van der Waals surface area contributed by atoms with E-state index in [1.807, 2.05) is 54.6 Å². The Bertz CT molecular complexity index is 1230. The van der Waals surface area contributed by atoms with Gasteiger partial charge < -0.3 is 14.5 Å². The highest BCUT2D eigenvalue weighted by Gasteiger charge is 2.31. The predicted octanol–water partition coefficient (Wildman–Crippen LogP) is 5.83. The number of anilines is 1. The number of carbonyl (C=O) groups excluding carboxylic acids is 1. The van der Waals surface area contributed by atoms with Crippen molar-refractivity contribution in [1.29, 1.82) is 0 Å². The second kappa shape index (κ2) is 9.83. The first-order valence-corrected chi connectivity index (χ1v) is 12.3. The Balaban J connectivity index is 1.62. The maximum absolute atomic E-state index is 13.1. The zero-order valence-corrected chi connectivity index (χ0v) is 19.3. The van der Waals surface area contributed by atoms with E-state index in [0.717, 1.165) is 41.1 Å². The summed E-state index contributed by atoms with van der Waals surface area (Å²) in [6.45, 7) is 2.92. The van der Waals surface area contributed by atoms with Gasteiger partial charge in [0.15, 0.2) is 0 Å². The molecule has 1 aromatic heterocycles. The number of thioether (sulfide) groups is 1. The Morgan fingerprint density at radius 1 is 0.939 bits per heavy atom. The molecule has 4 aromatic rings. The fourth-order valence-corrected chi connectivity index (χ4v) is 4.72. The molecule has 1 fully saturated rings. The average Bonchev–Trinajstić information content (AvgIpc) is 3.23. The van der Waals surface area contributed by atoms with Gasteiger partial charge in [0.1, 0.15) is 11.3 Å². The van der Waals surface area contributed by atoms with Crippen molar-refractivity contribution in [3.8, 4) is 0 Å². The van der Waals surface area contributed by atoms with Crippen LogP contribution in [0.3, 0.4) is 0 Å². The molecular weight excluding hydrogens is 432 g/mol. The highest BCUT2D eigenvalue weighted by atomic mass is 32.2. The van der Waals surface area contributed by atoms with Crippen LogP contribution in [0, 0.1) is 0 Å². The summed E-state index contributed by atoms with van der Waals surface area (Å²) in [7, 11) is 0. The smallest absolute Gasteiger partial charge is 0.255 e. The van der Waals surface area contributed by atoms with Gasteiger partial charge in [0, 0.05) is 28.9 Å². The molecule has 0 spiro atoms. The van der Waals surface area contributed by atoms with E-state index in [0.29, 0.717) is 18.8 Å². The monoisotopic (exact) mass is 458 g/mol. The Kier molecular flexibility index (Phi) is 6.48. The molecule has 5 rings (SSSR count). The maximum atomic E-state index is 13.1. The van der Waals surface area contributed by atoms with Crippen molar-refractivity contribution in [3.05, 3.63) is 95.7 Å². The summed E-state index contributed by atoms with van der Waals surface area (Å²) in [4.78, 5) is 16.7. The summed E-state index contributed by atoms with van der Waals surface area (Å²) in [6.07, 6.45) is 2.07. The van der Waals surface area contributed by atoms with Crippen LogP contribution >= 0.6 is 11.8 Å². The molecule has 0 aliphatic carbocycles. The first-order chi connectivity index (χ1) is 16.2. The van der Waals surface area contributed by atoms with Crippen molar-refractivity contribution in [2.24, 2.45) is 0 Å². The van der Waals surface area contributed by atoms with E-state index in [4.69, 9.17) is 9.15 Å². The van der Waals surface area contributed by atoms with Gasteiger partial charge in [-0.05, 0) is 48.2 Å². The number of ether oxygens (including phenoxy) is 1. The van der Waals surface area contributed by atoms with Gasteiger partial charge in [-0.1, -0.05) is 42.5 Å². The molecule has 1 aliphatic heterocycles. The molecule has 1 amide bonds. The molecule has 0 radical (unpaired) electrons. The van der Waals surface area contributed by atoms with Crippen LogP contribution < -0.4 is 5.32 Å². The van der Waals surface area contributed by atoms with Crippen molar-refractivity contribution in [2.75, 3.05) is 37.9 Å². The third-order valence-electron chi connectivity index (χ3n) is 5.99. The Morgan fingerprint density at radius 3 is 2.36 bits per heavy atom. The summed E-state index contributed by atoms with van der Waals surface area (Å²) >= 11 is 1.72. The van der Waals surface area contributed by atoms with E-state index in [2.05, 4.69) is 40.7 Å². The number of fused-ring (bicyclic) bond motifs is 1. The van der Waals surface area contributed by atoms with Gasteiger partial charge in [-0.3, -0.25) is 9.69 Å². The van der Waals surface area contributed by atoms with Gasteiger partial charge in [0.05, 0.1) is 24.9 Å². The number of para-hydroxylation sites is 1. The molecule has 1 saturated heterocycles. The molecule has 1 N–H and O–H groups in total. The van der Waals surface area contributed by atoms with Gasteiger partial charge >= 0.3 is 0 Å². The highest BCUT2D eigenvalue weighted by molar-refractivity contribution is 7.98. The number of hydrogen-bond donors (Lipinski definition) is 1. The summed E-state index contributed by atoms with van der Waals surface area (Å²) < 4.78 is 12.1. The van der Waals surface area contributed by atoms with Crippen LogP contribution in [0.5, 0.6) is 0 Å². The van der Waals surface area contributed by atoms with Crippen LogP contribution in [0.15, 0.2) is 88.2 Å². The fourth-order valence-electron chi connectivity index (χ4n) is 4.31.